The quantitative estimate of drug-likeness (QED) is 0.704. The van der Waals surface area contributed by atoms with E-state index in [9.17, 15) is 0 Å². The van der Waals surface area contributed by atoms with E-state index < -0.39 is 0 Å². The lowest BCUT2D eigenvalue weighted by Crippen LogP contribution is -2.01. The number of aromatic nitrogens is 3. The van der Waals surface area contributed by atoms with Crippen molar-refractivity contribution in [1.82, 2.24) is 15.0 Å². The maximum Gasteiger partial charge on any atom is 0.178 e. The number of rotatable bonds is 3. The van der Waals surface area contributed by atoms with Crippen LogP contribution in [-0.4, -0.2) is 15.0 Å². The smallest absolute Gasteiger partial charge is 0.178 e. The molecule has 23 heavy (non-hydrogen) atoms. The molecule has 1 aromatic carbocycles. The molecule has 0 N–H and O–H groups in total. The van der Waals surface area contributed by atoms with Gasteiger partial charge < -0.3 is 0 Å². The van der Waals surface area contributed by atoms with Gasteiger partial charge in [0, 0.05) is 17.0 Å². The Kier molecular flexibility index (Phi) is 4.20. The molecule has 2 heterocycles. The molecule has 2 aromatic heterocycles. The third-order valence-electron chi connectivity index (χ3n) is 4.00. The maximum absolute atomic E-state index is 4.87. The summed E-state index contributed by atoms with van der Waals surface area (Å²) in [6.07, 6.45) is 0.896. The zero-order chi connectivity index (χ0) is 16.4. The zero-order valence-electron chi connectivity index (χ0n) is 14.1. The second-order valence-electron chi connectivity index (χ2n) is 5.85. The highest BCUT2D eigenvalue weighted by atomic mass is 14.9. The maximum atomic E-state index is 4.87. The van der Waals surface area contributed by atoms with E-state index >= 15 is 0 Å². The number of benzene rings is 1. The van der Waals surface area contributed by atoms with Crippen LogP contribution in [0.4, 0.5) is 0 Å². The summed E-state index contributed by atoms with van der Waals surface area (Å²) >= 11 is 0. The van der Waals surface area contributed by atoms with Gasteiger partial charge >= 0.3 is 0 Å². The van der Waals surface area contributed by atoms with Gasteiger partial charge in [-0.3, -0.25) is 0 Å². The fourth-order valence-electron chi connectivity index (χ4n) is 2.69. The largest absolute Gasteiger partial charge is 0.244 e. The molecule has 116 valence electrons. The van der Waals surface area contributed by atoms with Crippen molar-refractivity contribution < 1.29 is 0 Å². The standard InChI is InChI=1S/C20H21N3/c1-5-16-12-15(4)21-20(22-16)19-14(3)10-11-18(23-19)17-9-7-6-8-13(17)2/h6-12H,5H2,1-4H3. The molecule has 0 radical (unpaired) electrons. The van der Waals surface area contributed by atoms with Gasteiger partial charge in [0.15, 0.2) is 5.82 Å². The molecular weight excluding hydrogens is 282 g/mol. The minimum atomic E-state index is 0.717. The van der Waals surface area contributed by atoms with Gasteiger partial charge in [-0.25, -0.2) is 15.0 Å². The summed E-state index contributed by atoms with van der Waals surface area (Å²) in [4.78, 5) is 14.1. The van der Waals surface area contributed by atoms with E-state index in [1.807, 2.05) is 25.1 Å². The van der Waals surface area contributed by atoms with Gasteiger partial charge in [0.25, 0.3) is 0 Å². The van der Waals surface area contributed by atoms with Gasteiger partial charge in [0.2, 0.25) is 0 Å². The Hall–Kier alpha value is -2.55. The Morgan fingerprint density at radius 2 is 1.61 bits per heavy atom. The van der Waals surface area contributed by atoms with Gasteiger partial charge in [-0.05, 0) is 50.5 Å². The van der Waals surface area contributed by atoms with Crippen LogP contribution in [-0.2, 0) is 6.42 Å². The topological polar surface area (TPSA) is 38.7 Å². The summed E-state index contributed by atoms with van der Waals surface area (Å²) in [7, 11) is 0. The highest BCUT2D eigenvalue weighted by Gasteiger charge is 2.12. The number of nitrogens with zero attached hydrogens (tertiary/aromatic N) is 3. The van der Waals surface area contributed by atoms with Crippen molar-refractivity contribution in [2.24, 2.45) is 0 Å². The molecule has 0 aliphatic rings. The van der Waals surface area contributed by atoms with E-state index in [0.717, 1.165) is 46.1 Å². The highest BCUT2D eigenvalue weighted by molar-refractivity contribution is 5.67. The Morgan fingerprint density at radius 1 is 0.826 bits per heavy atom. The molecule has 0 spiro atoms. The summed E-state index contributed by atoms with van der Waals surface area (Å²) in [5.41, 5.74) is 7.32. The van der Waals surface area contributed by atoms with E-state index in [2.05, 4.69) is 55.0 Å². The predicted octanol–water partition coefficient (Wildman–Crippen LogP) is 4.69. The first kappa shape index (κ1) is 15.3. The lowest BCUT2D eigenvalue weighted by Gasteiger charge is -2.10. The van der Waals surface area contributed by atoms with Gasteiger partial charge in [-0.2, -0.15) is 0 Å². The van der Waals surface area contributed by atoms with E-state index in [1.165, 1.54) is 5.56 Å². The summed E-state index contributed by atoms with van der Waals surface area (Å²) in [5.74, 6) is 0.717. The minimum absolute atomic E-state index is 0.717. The van der Waals surface area contributed by atoms with Crippen LogP contribution in [0.25, 0.3) is 22.8 Å². The van der Waals surface area contributed by atoms with Crippen LogP contribution < -0.4 is 0 Å². The summed E-state index contributed by atoms with van der Waals surface area (Å²) in [6.45, 7) is 8.27. The fraction of sp³-hybridized carbons (Fsp3) is 0.250. The number of hydrogen-bond donors (Lipinski definition) is 0. The van der Waals surface area contributed by atoms with Crippen LogP contribution in [0, 0.1) is 20.8 Å². The van der Waals surface area contributed by atoms with Crippen molar-refractivity contribution in [2.45, 2.75) is 34.1 Å². The normalized spacial score (nSPS) is 10.8. The van der Waals surface area contributed by atoms with Crippen LogP contribution in [0.2, 0.25) is 0 Å². The van der Waals surface area contributed by atoms with E-state index in [0.29, 0.717) is 0 Å². The summed E-state index contributed by atoms with van der Waals surface area (Å²) < 4.78 is 0. The van der Waals surface area contributed by atoms with Crippen molar-refractivity contribution in [3.05, 3.63) is 65.0 Å². The van der Waals surface area contributed by atoms with Gasteiger partial charge in [0.1, 0.15) is 5.69 Å². The van der Waals surface area contributed by atoms with Crippen molar-refractivity contribution >= 4 is 0 Å². The SMILES string of the molecule is CCc1cc(C)nc(-c2nc(-c3ccccc3C)ccc2C)n1. The van der Waals surface area contributed by atoms with Gasteiger partial charge in [-0.1, -0.05) is 37.3 Å². The van der Waals surface area contributed by atoms with E-state index in [1.54, 1.807) is 0 Å². The molecule has 0 amide bonds. The van der Waals surface area contributed by atoms with Crippen molar-refractivity contribution in [1.29, 1.82) is 0 Å². The first-order valence-electron chi connectivity index (χ1n) is 7.97. The Morgan fingerprint density at radius 3 is 2.35 bits per heavy atom. The Balaban J connectivity index is 2.16. The number of pyridine rings is 1. The number of hydrogen-bond acceptors (Lipinski definition) is 3. The van der Waals surface area contributed by atoms with Gasteiger partial charge in [-0.15, -0.1) is 0 Å². The van der Waals surface area contributed by atoms with Gasteiger partial charge in [0.05, 0.1) is 5.69 Å². The van der Waals surface area contributed by atoms with Crippen LogP contribution >= 0.6 is 0 Å². The molecule has 3 rings (SSSR count). The van der Waals surface area contributed by atoms with Crippen LogP contribution in [0.15, 0.2) is 42.5 Å². The molecule has 0 atom stereocenters. The summed E-state index contributed by atoms with van der Waals surface area (Å²) in [5, 5.41) is 0. The van der Waals surface area contributed by atoms with E-state index in [-0.39, 0.29) is 0 Å². The molecule has 0 aliphatic heterocycles. The molecule has 0 bridgehead atoms. The summed E-state index contributed by atoms with van der Waals surface area (Å²) in [6, 6.07) is 14.5. The molecule has 0 aliphatic carbocycles. The second-order valence-corrected chi connectivity index (χ2v) is 5.85. The molecule has 0 saturated heterocycles. The minimum Gasteiger partial charge on any atom is -0.244 e. The highest BCUT2D eigenvalue weighted by Crippen LogP contribution is 2.26. The van der Waals surface area contributed by atoms with E-state index in [4.69, 9.17) is 4.98 Å². The molecule has 0 fully saturated rings. The molecule has 0 unspecified atom stereocenters. The first-order chi connectivity index (χ1) is 11.1. The lowest BCUT2D eigenvalue weighted by atomic mass is 10.0. The molecule has 3 heteroatoms. The van der Waals surface area contributed by atoms with Crippen molar-refractivity contribution in [3.8, 4) is 22.8 Å². The third kappa shape index (κ3) is 3.14. The molecular formula is C20H21N3. The van der Waals surface area contributed by atoms with Crippen LogP contribution in [0.1, 0.15) is 29.4 Å². The predicted molar refractivity (Wildman–Crippen MR) is 94.3 cm³/mol. The third-order valence-corrected chi connectivity index (χ3v) is 4.00. The molecule has 3 nitrogen and oxygen atoms in total. The number of aryl methyl sites for hydroxylation is 4. The fourth-order valence-corrected chi connectivity index (χ4v) is 2.69. The average Bonchev–Trinajstić information content (AvgIpc) is 2.55. The second kappa shape index (κ2) is 6.29. The van der Waals surface area contributed by atoms with Crippen molar-refractivity contribution in [2.75, 3.05) is 0 Å². The van der Waals surface area contributed by atoms with Crippen molar-refractivity contribution in [3.63, 3.8) is 0 Å². The molecule has 3 aromatic rings. The monoisotopic (exact) mass is 303 g/mol. The van der Waals surface area contributed by atoms with Crippen LogP contribution in [0.5, 0.6) is 0 Å². The zero-order valence-corrected chi connectivity index (χ0v) is 14.1. The lowest BCUT2D eigenvalue weighted by molar-refractivity contribution is 0.974. The first-order valence-corrected chi connectivity index (χ1v) is 7.97. The average molecular weight is 303 g/mol. The van der Waals surface area contributed by atoms with Crippen LogP contribution in [0.3, 0.4) is 0 Å². The Bertz CT molecular complexity index is 853. The Labute approximate surface area is 137 Å². The molecule has 0 saturated carbocycles.